The van der Waals surface area contributed by atoms with Gasteiger partial charge >= 0.3 is 0 Å². The average molecular weight is 250 g/mol. The van der Waals surface area contributed by atoms with Crippen LogP contribution in [0, 0.1) is 5.92 Å². The summed E-state index contributed by atoms with van der Waals surface area (Å²) in [5, 5.41) is 0. The Hall–Kier alpha value is -0.780. The van der Waals surface area contributed by atoms with Crippen LogP contribution < -0.4 is 0 Å². The minimum absolute atomic E-state index is 0. The van der Waals surface area contributed by atoms with Crippen molar-refractivity contribution in [2.75, 3.05) is 0 Å². The third-order valence-electron chi connectivity index (χ3n) is 3.31. The molecule has 18 heavy (non-hydrogen) atoms. The third-order valence-corrected chi connectivity index (χ3v) is 3.31. The van der Waals surface area contributed by atoms with Crippen molar-refractivity contribution in [3.63, 3.8) is 0 Å². The van der Waals surface area contributed by atoms with E-state index in [1.807, 2.05) is 0 Å². The highest BCUT2D eigenvalue weighted by Crippen LogP contribution is 2.20. The number of hydrogen-bond donors (Lipinski definition) is 0. The fourth-order valence-electron chi connectivity index (χ4n) is 2.49. The van der Waals surface area contributed by atoms with Crippen LogP contribution in [0.1, 0.15) is 72.8 Å². The Balaban J connectivity index is 0. The van der Waals surface area contributed by atoms with Crippen molar-refractivity contribution in [2.45, 2.75) is 73.6 Å². The van der Waals surface area contributed by atoms with Gasteiger partial charge in [-0.15, -0.1) is 0 Å². The second-order valence-electron chi connectivity index (χ2n) is 4.82. The third kappa shape index (κ3) is 8.33. The van der Waals surface area contributed by atoms with E-state index in [0.717, 1.165) is 5.92 Å². The minimum Gasteiger partial charge on any atom is -0.0776 e. The van der Waals surface area contributed by atoms with Crippen LogP contribution in [-0.2, 0) is 6.42 Å². The monoisotopic (exact) mass is 250 g/mol. The van der Waals surface area contributed by atoms with Gasteiger partial charge in [-0.3, -0.25) is 0 Å². The normalized spacial score (nSPS) is 9.72. The number of rotatable bonds is 8. The summed E-state index contributed by atoms with van der Waals surface area (Å²) in [6.45, 7) is 4.61. The summed E-state index contributed by atoms with van der Waals surface area (Å²) in [5.41, 5.74) is 1.49. The fraction of sp³-hybridized carbons (Fsp3) is 0.667. The van der Waals surface area contributed by atoms with Gasteiger partial charge in [0.05, 0.1) is 0 Å². The molecule has 0 aliphatic carbocycles. The van der Waals surface area contributed by atoms with Gasteiger partial charge in [-0.2, -0.15) is 0 Å². The van der Waals surface area contributed by atoms with Crippen LogP contribution in [0.25, 0.3) is 0 Å². The Morgan fingerprint density at radius 3 is 1.89 bits per heavy atom. The maximum absolute atomic E-state index is 2.31. The minimum atomic E-state index is 0. The van der Waals surface area contributed by atoms with Gasteiger partial charge in [0.15, 0.2) is 0 Å². The van der Waals surface area contributed by atoms with E-state index in [-0.39, 0.29) is 14.9 Å². The van der Waals surface area contributed by atoms with Gasteiger partial charge in [0.1, 0.15) is 0 Å². The molecule has 0 aliphatic rings. The van der Waals surface area contributed by atoms with Crippen molar-refractivity contribution < 1.29 is 0 Å². The van der Waals surface area contributed by atoms with Crippen molar-refractivity contribution in [3.05, 3.63) is 35.9 Å². The highest BCUT2D eigenvalue weighted by molar-refractivity contribution is 5.14. The van der Waals surface area contributed by atoms with Crippen LogP contribution in [0.15, 0.2) is 30.3 Å². The number of benzene rings is 1. The van der Waals surface area contributed by atoms with Crippen LogP contribution >= 0.6 is 0 Å². The lowest BCUT2D eigenvalue weighted by Crippen LogP contribution is -2.00. The number of hydrogen-bond acceptors (Lipinski definition) is 0. The molecule has 0 heteroatoms. The molecule has 0 aliphatic heterocycles. The molecule has 1 aromatic rings. The predicted octanol–water partition coefficient (Wildman–Crippen LogP) is 6.50. The molecule has 0 fully saturated rings. The molecule has 0 aromatic heterocycles. The molecule has 0 saturated heterocycles. The number of aryl methyl sites for hydroxylation is 1. The van der Waals surface area contributed by atoms with E-state index < -0.39 is 0 Å². The zero-order chi connectivity index (χ0) is 11.6. The lowest BCUT2D eigenvalue weighted by Gasteiger charge is -2.14. The molecule has 0 spiro atoms. The summed E-state index contributed by atoms with van der Waals surface area (Å²) in [6, 6.07) is 10.9. The van der Waals surface area contributed by atoms with E-state index in [9.17, 15) is 0 Å². The van der Waals surface area contributed by atoms with Gasteiger partial charge in [-0.25, -0.2) is 0 Å². The molecule has 1 rings (SSSR count). The molecule has 0 saturated carbocycles. The molecule has 0 nitrogen and oxygen atoms in total. The Kier molecular flexibility index (Phi) is 13.8. The zero-order valence-corrected chi connectivity index (χ0v) is 10.9. The van der Waals surface area contributed by atoms with Crippen molar-refractivity contribution in [2.24, 2.45) is 5.92 Å². The molecule has 0 unspecified atom stereocenters. The SMILES string of the molecule is C.C.CCCC(CCC)CCCc1ccccc1. The molecule has 0 amide bonds. The van der Waals surface area contributed by atoms with Gasteiger partial charge in [0.25, 0.3) is 0 Å². The predicted molar refractivity (Wildman–Crippen MR) is 86.1 cm³/mol. The Labute approximate surface area is 116 Å². The average Bonchev–Trinajstić information content (AvgIpc) is 2.31. The van der Waals surface area contributed by atoms with Crippen LogP contribution in [-0.4, -0.2) is 0 Å². The van der Waals surface area contributed by atoms with Crippen LogP contribution in [0.5, 0.6) is 0 Å². The van der Waals surface area contributed by atoms with Crippen molar-refractivity contribution in [1.29, 1.82) is 0 Å². The lowest BCUT2D eigenvalue weighted by molar-refractivity contribution is 0.400. The first-order chi connectivity index (χ1) is 7.86. The summed E-state index contributed by atoms with van der Waals surface area (Å²) >= 11 is 0. The van der Waals surface area contributed by atoms with Crippen LogP contribution in [0.4, 0.5) is 0 Å². The van der Waals surface area contributed by atoms with Crippen LogP contribution in [0.3, 0.4) is 0 Å². The summed E-state index contributed by atoms with van der Waals surface area (Å²) < 4.78 is 0. The fourth-order valence-corrected chi connectivity index (χ4v) is 2.49. The largest absolute Gasteiger partial charge is 0.0776 e. The molecular formula is C18H34. The quantitative estimate of drug-likeness (QED) is 0.494. The standard InChI is InChI=1S/C16H26.2CH4/c1-3-9-15(10-4-2)13-8-14-16-11-6-5-7-12-16;;/h5-7,11-12,15H,3-4,8-10,13-14H2,1-2H3;2*1H4. The van der Waals surface area contributed by atoms with E-state index in [4.69, 9.17) is 0 Å². The zero-order valence-electron chi connectivity index (χ0n) is 10.9. The first-order valence-corrected chi connectivity index (χ1v) is 6.90. The van der Waals surface area contributed by atoms with Gasteiger partial charge in [0.2, 0.25) is 0 Å². The van der Waals surface area contributed by atoms with Crippen molar-refractivity contribution in [3.8, 4) is 0 Å². The first-order valence-electron chi connectivity index (χ1n) is 6.90. The smallest absolute Gasteiger partial charge is 0.0279 e. The molecule has 0 N–H and O–H groups in total. The summed E-state index contributed by atoms with van der Waals surface area (Å²) in [6.07, 6.45) is 9.55. The summed E-state index contributed by atoms with van der Waals surface area (Å²) in [7, 11) is 0. The Morgan fingerprint density at radius 2 is 1.39 bits per heavy atom. The van der Waals surface area contributed by atoms with E-state index in [0.29, 0.717) is 0 Å². The Bertz CT molecular complexity index is 244. The molecule has 106 valence electrons. The molecule has 0 heterocycles. The van der Waals surface area contributed by atoms with Crippen LogP contribution in [0.2, 0.25) is 0 Å². The molecule has 0 radical (unpaired) electrons. The maximum Gasteiger partial charge on any atom is -0.0279 e. The summed E-state index contributed by atoms with van der Waals surface area (Å²) in [4.78, 5) is 0. The van der Waals surface area contributed by atoms with Crippen molar-refractivity contribution >= 4 is 0 Å². The second-order valence-corrected chi connectivity index (χ2v) is 4.82. The molecule has 1 aromatic carbocycles. The highest BCUT2D eigenvalue weighted by atomic mass is 14.1. The van der Waals surface area contributed by atoms with Gasteiger partial charge in [0, 0.05) is 0 Å². The molecular weight excluding hydrogens is 216 g/mol. The van der Waals surface area contributed by atoms with Gasteiger partial charge in [-0.1, -0.05) is 91.1 Å². The van der Waals surface area contributed by atoms with E-state index >= 15 is 0 Å². The Morgan fingerprint density at radius 1 is 0.833 bits per heavy atom. The second kappa shape index (κ2) is 12.7. The van der Waals surface area contributed by atoms with Gasteiger partial charge in [-0.05, 0) is 24.3 Å². The maximum atomic E-state index is 2.31. The van der Waals surface area contributed by atoms with E-state index in [1.165, 1.54) is 50.5 Å². The first kappa shape index (κ1) is 19.6. The van der Waals surface area contributed by atoms with E-state index in [2.05, 4.69) is 44.2 Å². The lowest BCUT2D eigenvalue weighted by atomic mass is 9.92. The van der Waals surface area contributed by atoms with Gasteiger partial charge < -0.3 is 0 Å². The molecule has 0 bridgehead atoms. The van der Waals surface area contributed by atoms with E-state index in [1.54, 1.807) is 0 Å². The topological polar surface area (TPSA) is 0 Å². The summed E-state index contributed by atoms with van der Waals surface area (Å²) in [5.74, 6) is 0.971. The molecule has 0 atom stereocenters. The van der Waals surface area contributed by atoms with Crippen molar-refractivity contribution in [1.82, 2.24) is 0 Å². The highest BCUT2D eigenvalue weighted by Gasteiger charge is 2.06.